The van der Waals surface area contributed by atoms with Gasteiger partial charge in [0, 0.05) is 18.0 Å². The minimum Gasteiger partial charge on any atom is -0.395 e. The topological polar surface area (TPSA) is 49.2 Å². The van der Waals surface area contributed by atoms with Crippen LogP contribution >= 0.6 is 11.3 Å². The van der Waals surface area contributed by atoms with Gasteiger partial charge in [0.1, 0.15) is 16.5 Å². The molecular weight excluding hydrogens is 246 g/mol. The van der Waals surface area contributed by atoms with Crippen LogP contribution in [0.15, 0.2) is 0 Å². The number of fused-ring (bicyclic) bond motifs is 1. The van der Waals surface area contributed by atoms with Crippen molar-refractivity contribution in [3.63, 3.8) is 0 Å². The first-order valence-corrected chi connectivity index (χ1v) is 7.00. The molecule has 5 heteroatoms. The number of aliphatic hydroxyl groups excluding tert-OH is 1. The van der Waals surface area contributed by atoms with E-state index in [2.05, 4.69) is 35.6 Å². The monoisotopic (exact) mass is 265 g/mol. The lowest BCUT2D eigenvalue weighted by Crippen LogP contribution is -2.27. The Bertz CT molecular complexity index is 565. The second-order valence-corrected chi connectivity index (χ2v) is 5.56. The molecule has 4 nitrogen and oxygen atoms in total. The van der Waals surface area contributed by atoms with Gasteiger partial charge in [-0.2, -0.15) is 0 Å². The van der Waals surface area contributed by atoms with Crippen LogP contribution in [0.5, 0.6) is 0 Å². The van der Waals surface area contributed by atoms with Gasteiger partial charge in [-0.25, -0.2) is 9.97 Å². The van der Waals surface area contributed by atoms with E-state index in [-0.39, 0.29) is 6.61 Å². The number of hydrogen-bond acceptors (Lipinski definition) is 5. The molecule has 0 fully saturated rings. The fraction of sp³-hybridized carbons (Fsp3) is 0.538. The summed E-state index contributed by atoms with van der Waals surface area (Å²) in [6.07, 6.45) is 0. The van der Waals surface area contributed by atoms with Gasteiger partial charge in [-0.15, -0.1) is 11.3 Å². The van der Waals surface area contributed by atoms with Gasteiger partial charge >= 0.3 is 0 Å². The number of thiophene rings is 1. The number of nitrogens with zero attached hydrogens (tertiary/aromatic N) is 3. The Kier molecular flexibility index (Phi) is 3.82. The molecule has 0 bridgehead atoms. The van der Waals surface area contributed by atoms with E-state index in [4.69, 9.17) is 5.11 Å². The molecule has 0 atom stereocenters. The molecule has 2 aromatic heterocycles. The van der Waals surface area contributed by atoms with Crippen LogP contribution in [0.1, 0.15) is 23.2 Å². The standard InChI is InChI=1S/C13H19N3OS/c1-5-16(6-7-17)12-11-8(2)9(3)18-13(11)15-10(4)14-12/h17H,5-7H2,1-4H3. The van der Waals surface area contributed by atoms with Crippen molar-refractivity contribution in [1.82, 2.24) is 9.97 Å². The minimum atomic E-state index is 0.139. The summed E-state index contributed by atoms with van der Waals surface area (Å²) in [5.41, 5.74) is 1.25. The molecule has 0 saturated heterocycles. The molecule has 98 valence electrons. The molecule has 0 aromatic carbocycles. The second-order valence-electron chi connectivity index (χ2n) is 4.36. The van der Waals surface area contributed by atoms with Crippen LogP contribution in [-0.2, 0) is 0 Å². The van der Waals surface area contributed by atoms with Crippen molar-refractivity contribution >= 4 is 27.4 Å². The van der Waals surface area contributed by atoms with Crippen LogP contribution in [0.2, 0.25) is 0 Å². The summed E-state index contributed by atoms with van der Waals surface area (Å²) < 4.78 is 0. The summed E-state index contributed by atoms with van der Waals surface area (Å²) in [6.45, 7) is 9.80. The highest BCUT2D eigenvalue weighted by molar-refractivity contribution is 7.18. The molecular formula is C13H19N3OS. The molecule has 0 unspecified atom stereocenters. The van der Waals surface area contributed by atoms with Crippen LogP contribution in [0.25, 0.3) is 10.2 Å². The minimum absolute atomic E-state index is 0.139. The molecule has 1 N–H and O–H groups in total. The number of aromatic nitrogens is 2. The molecule has 0 spiro atoms. The molecule has 2 heterocycles. The van der Waals surface area contributed by atoms with Gasteiger partial charge in [0.05, 0.1) is 12.0 Å². The molecule has 0 amide bonds. The molecule has 0 aliphatic heterocycles. The zero-order valence-corrected chi connectivity index (χ0v) is 12.1. The predicted octanol–water partition coefficient (Wildman–Crippen LogP) is 2.44. The zero-order chi connectivity index (χ0) is 13.3. The van der Waals surface area contributed by atoms with Crippen LogP contribution in [0, 0.1) is 20.8 Å². The SMILES string of the molecule is CCN(CCO)c1nc(C)nc2sc(C)c(C)c12. The molecule has 0 saturated carbocycles. The highest BCUT2D eigenvalue weighted by Gasteiger charge is 2.17. The first kappa shape index (κ1) is 13.2. The third kappa shape index (κ3) is 2.20. The van der Waals surface area contributed by atoms with Gasteiger partial charge < -0.3 is 10.0 Å². The van der Waals surface area contributed by atoms with Gasteiger partial charge in [-0.1, -0.05) is 0 Å². The first-order valence-electron chi connectivity index (χ1n) is 6.18. The fourth-order valence-electron chi connectivity index (χ4n) is 2.10. The average Bonchev–Trinajstić information content (AvgIpc) is 2.61. The van der Waals surface area contributed by atoms with Gasteiger partial charge in [-0.05, 0) is 33.3 Å². The molecule has 0 aliphatic carbocycles. The smallest absolute Gasteiger partial charge is 0.141 e. The lowest BCUT2D eigenvalue weighted by atomic mass is 10.2. The van der Waals surface area contributed by atoms with Crippen molar-refractivity contribution in [2.45, 2.75) is 27.7 Å². The number of likely N-dealkylation sites (N-methyl/N-ethyl adjacent to an activating group) is 1. The summed E-state index contributed by atoms with van der Waals surface area (Å²) in [6, 6.07) is 0. The predicted molar refractivity (Wildman–Crippen MR) is 76.6 cm³/mol. The van der Waals surface area contributed by atoms with Gasteiger partial charge in [0.25, 0.3) is 0 Å². The van der Waals surface area contributed by atoms with Crippen LogP contribution in [0.4, 0.5) is 5.82 Å². The molecule has 0 radical (unpaired) electrons. The zero-order valence-electron chi connectivity index (χ0n) is 11.3. The van der Waals surface area contributed by atoms with E-state index in [1.807, 2.05) is 6.92 Å². The van der Waals surface area contributed by atoms with E-state index in [9.17, 15) is 0 Å². The van der Waals surface area contributed by atoms with Crippen molar-refractivity contribution in [1.29, 1.82) is 0 Å². The fourth-order valence-corrected chi connectivity index (χ4v) is 3.16. The number of anilines is 1. The molecule has 0 aliphatic rings. The number of rotatable bonds is 4. The summed E-state index contributed by atoms with van der Waals surface area (Å²) >= 11 is 1.71. The molecule has 18 heavy (non-hydrogen) atoms. The normalized spacial score (nSPS) is 11.2. The third-order valence-corrected chi connectivity index (χ3v) is 4.27. The molecule has 2 aromatic rings. The second kappa shape index (κ2) is 5.20. The number of aliphatic hydroxyl groups is 1. The summed E-state index contributed by atoms with van der Waals surface area (Å²) in [5.74, 6) is 1.74. The van der Waals surface area contributed by atoms with Crippen molar-refractivity contribution in [3.05, 3.63) is 16.3 Å². The summed E-state index contributed by atoms with van der Waals surface area (Å²) in [5, 5.41) is 10.3. The Morgan fingerprint density at radius 1 is 1.22 bits per heavy atom. The Morgan fingerprint density at radius 2 is 1.94 bits per heavy atom. The number of aryl methyl sites for hydroxylation is 3. The van der Waals surface area contributed by atoms with E-state index in [1.54, 1.807) is 11.3 Å². The average molecular weight is 265 g/mol. The maximum atomic E-state index is 9.16. The van der Waals surface area contributed by atoms with Crippen molar-refractivity contribution in [3.8, 4) is 0 Å². The van der Waals surface area contributed by atoms with E-state index in [0.29, 0.717) is 6.54 Å². The molecule has 2 rings (SSSR count). The van der Waals surface area contributed by atoms with E-state index in [1.165, 1.54) is 10.4 Å². The van der Waals surface area contributed by atoms with Crippen LogP contribution < -0.4 is 4.90 Å². The van der Waals surface area contributed by atoms with Crippen LogP contribution in [0.3, 0.4) is 0 Å². The van der Waals surface area contributed by atoms with Crippen molar-refractivity contribution < 1.29 is 5.11 Å². The first-order chi connectivity index (χ1) is 8.58. The highest BCUT2D eigenvalue weighted by Crippen LogP contribution is 2.34. The van der Waals surface area contributed by atoms with Gasteiger partial charge in [0.2, 0.25) is 0 Å². The third-order valence-electron chi connectivity index (χ3n) is 3.17. The Hall–Kier alpha value is -1.20. The maximum Gasteiger partial charge on any atom is 0.141 e. The Labute approximate surface area is 111 Å². The van der Waals surface area contributed by atoms with Crippen molar-refractivity contribution in [2.75, 3.05) is 24.6 Å². The van der Waals surface area contributed by atoms with Gasteiger partial charge in [0.15, 0.2) is 0 Å². The van der Waals surface area contributed by atoms with Gasteiger partial charge in [-0.3, -0.25) is 0 Å². The quantitative estimate of drug-likeness (QED) is 0.922. The van der Waals surface area contributed by atoms with E-state index >= 15 is 0 Å². The summed E-state index contributed by atoms with van der Waals surface area (Å²) in [7, 11) is 0. The lowest BCUT2D eigenvalue weighted by molar-refractivity contribution is 0.302. The lowest BCUT2D eigenvalue weighted by Gasteiger charge is -2.22. The highest BCUT2D eigenvalue weighted by atomic mass is 32.1. The Balaban J connectivity index is 2.67. The summed E-state index contributed by atoms with van der Waals surface area (Å²) in [4.78, 5) is 13.5. The van der Waals surface area contributed by atoms with Crippen molar-refractivity contribution in [2.24, 2.45) is 0 Å². The largest absolute Gasteiger partial charge is 0.395 e. The van der Waals surface area contributed by atoms with E-state index in [0.717, 1.165) is 28.4 Å². The number of hydrogen-bond donors (Lipinski definition) is 1. The maximum absolute atomic E-state index is 9.16. The van der Waals surface area contributed by atoms with E-state index < -0.39 is 0 Å². The Morgan fingerprint density at radius 3 is 2.56 bits per heavy atom. The van der Waals surface area contributed by atoms with Crippen LogP contribution in [-0.4, -0.2) is 34.8 Å².